The Morgan fingerprint density at radius 1 is 1.11 bits per heavy atom. The molecule has 1 atom stereocenters. The second kappa shape index (κ2) is 5.07. The van der Waals surface area contributed by atoms with Crippen molar-refractivity contribution in [2.24, 2.45) is 0 Å². The van der Waals surface area contributed by atoms with E-state index in [1.54, 1.807) is 12.1 Å². The van der Waals surface area contributed by atoms with Crippen LogP contribution in [0, 0.1) is 28.5 Å². The molecule has 86 valence electrons. The Morgan fingerprint density at radius 2 is 1.83 bits per heavy atom. The number of hydrogen-bond acceptors (Lipinski definition) is 3. The fraction of sp³-hybridized carbons (Fsp3) is 0.0714. The first-order chi connectivity index (χ1) is 8.76. The summed E-state index contributed by atoms with van der Waals surface area (Å²) < 4.78 is 12.9. The van der Waals surface area contributed by atoms with Crippen LogP contribution in [-0.2, 0) is 0 Å². The molecule has 4 heteroatoms. The minimum Gasteiger partial charge on any atom is -0.258 e. The molecule has 1 aromatic carbocycles. The van der Waals surface area contributed by atoms with E-state index in [4.69, 9.17) is 5.26 Å². The smallest absolute Gasteiger partial charge is 0.123 e. The lowest BCUT2D eigenvalue weighted by atomic mass is 9.94. The lowest BCUT2D eigenvalue weighted by molar-refractivity contribution is 0.627. The van der Waals surface area contributed by atoms with Crippen LogP contribution in [0.15, 0.2) is 42.6 Å². The van der Waals surface area contributed by atoms with Gasteiger partial charge in [0, 0.05) is 6.20 Å². The molecule has 0 saturated heterocycles. The number of pyridine rings is 1. The molecule has 0 amide bonds. The Hall–Kier alpha value is -2.72. The summed E-state index contributed by atoms with van der Waals surface area (Å²) in [5.41, 5.74) is 1.37. The van der Waals surface area contributed by atoms with Gasteiger partial charge in [0.2, 0.25) is 0 Å². The van der Waals surface area contributed by atoms with Gasteiger partial charge in [0.1, 0.15) is 17.8 Å². The summed E-state index contributed by atoms with van der Waals surface area (Å²) >= 11 is 0. The molecule has 0 spiro atoms. The molecule has 0 aliphatic rings. The molecule has 1 heterocycles. The third-order valence-electron chi connectivity index (χ3n) is 2.56. The molecule has 0 radical (unpaired) electrons. The van der Waals surface area contributed by atoms with Crippen molar-refractivity contribution in [2.45, 2.75) is 5.92 Å². The first-order valence-corrected chi connectivity index (χ1v) is 5.26. The van der Waals surface area contributed by atoms with E-state index < -0.39 is 5.92 Å². The monoisotopic (exact) mass is 237 g/mol. The Bertz CT molecular complexity index is 635. The molecule has 1 aromatic heterocycles. The summed E-state index contributed by atoms with van der Waals surface area (Å²) in [6, 6.07) is 13.0. The molecular weight excluding hydrogens is 229 g/mol. The largest absolute Gasteiger partial charge is 0.258 e. The molecule has 0 fully saturated rings. The predicted octanol–water partition coefficient (Wildman–Crippen LogP) is 2.75. The number of nitrogens with zero attached hydrogens (tertiary/aromatic N) is 3. The van der Waals surface area contributed by atoms with Gasteiger partial charge in [-0.15, -0.1) is 0 Å². The summed E-state index contributed by atoms with van der Waals surface area (Å²) in [5.74, 6) is -1.03. The van der Waals surface area contributed by atoms with Crippen LogP contribution in [0.2, 0.25) is 0 Å². The van der Waals surface area contributed by atoms with E-state index in [1.807, 2.05) is 6.07 Å². The van der Waals surface area contributed by atoms with Crippen LogP contribution in [-0.4, -0.2) is 4.98 Å². The van der Waals surface area contributed by atoms with Crippen LogP contribution in [0.4, 0.5) is 4.39 Å². The average molecular weight is 237 g/mol. The summed E-state index contributed by atoms with van der Waals surface area (Å²) in [4.78, 5) is 4.08. The second-order valence-electron chi connectivity index (χ2n) is 3.66. The Kier molecular flexibility index (Phi) is 3.31. The Balaban J connectivity index is 2.50. The predicted molar refractivity (Wildman–Crippen MR) is 62.8 cm³/mol. The van der Waals surface area contributed by atoms with Gasteiger partial charge in [-0.05, 0) is 29.8 Å². The Labute approximate surface area is 104 Å². The zero-order valence-electron chi connectivity index (χ0n) is 9.34. The summed E-state index contributed by atoms with van der Waals surface area (Å²) in [5, 5.41) is 18.2. The highest BCUT2D eigenvalue weighted by Crippen LogP contribution is 2.24. The second-order valence-corrected chi connectivity index (χ2v) is 3.66. The van der Waals surface area contributed by atoms with Crippen LogP contribution < -0.4 is 0 Å². The summed E-state index contributed by atoms with van der Waals surface area (Å²) in [7, 11) is 0. The molecule has 1 unspecified atom stereocenters. The van der Waals surface area contributed by atoms with E-state index >= 15 is 0 Å². The number of nitriles is 2. The van der Waals surface area contributed by atoms with Gasteiger partial charge in [0.15, 0.2) is 0 Å². The van der Waals surface area contributed by atoms with Crippen molar-refractivity contribution < 1.29 is 4.39 Å². The standard InChI is InChI=1S/C14H8FN3/c15-12-5-3-10(4-6-12)13(9-17)14-11(8-16)2-1-7-18-14/h1-7,13H. The van der Waals surface area contributed by atoms with Gasteiger partial charge in [-0.1, -0.05) is 12.1 Å². The van der Waals surface area contributed by atoms with Gasteiger partial charge in [-0.2, -0.15) is 10.5 Å². The van der Waals surface area contributed by atoms with Crippen molar-refractivity contribution in [3.8, 4) is 12.1 Å². The number of halogens is 1. The molecule has 3 nitrogen and oxygen atoms in total. The van der Waals surface area contributed by atoms with E-state index in [2.05, 4.69) is 11.1 Å². The lowest BCUT2D eigenvalue weighted by Gasteiger charge is -2.10. The third-order valence-corrected chi connectivity index (χ3v) is 2.56. The molecular formula is C14H8FN3. The number of aromatic nitrogens is 1. The van der Waals surface area contributed by atoms with Gasteiger partial charge in [0.05, 0.1) is 17.3 Å². The van der Waals surface area contributed by atoms with Gasteiger partial charge >= 0.3 is 0 Å². The van der Waals surface area contributed by atoms with E-state index in [-0.39, 0.29) is 5.82 Å². The molecule has 0 saturated carbocycles. The van der Waals surface area contributed by atoms with E-state index in [0.717, 1.165) is 0 Å². The van der Waals surface area contributed by atoms with E-state index in [1.165, 1.54) is 30.5 Å². The zero-order chi connectivity index (χ0) is 13.0. The molecule has 2 rings (SSSR count). The number of rotatable bonds is 2. The van der Waals surface area contributed by atoms with Crippen molar-refractivity contribution >= 4 is 0 Å². The van der Waals surface area contributed by atoms with Crippen LogP contribution in [0.3, 0.4) is 0 Å². The van der Waals surface area contributed by atoms with Crippen LogP contribution >= 0.6 is 0 Å². The SMILES string of the molecule is N#Cc1cccnc1C(C#N)c1ccc(F)cc1. The van der Waals surface area contributed by atoms with Crippen molar-refractivity contribution in [2.75, 3.05) is 0 Å². The third kappa shape index (κ3) is 2.18. The van der Waals surface area contributed by atoms with Gasteiger partial charge < -0.3 is 0 Å². The maximum absolute atomic E-state index is 12.9. The minimum absolute atomic E-state index is 0.355. The topological polar surface area (TPSA) is 60.5 Å². The molecule has 18 heavy (non-hydrogen) atoms. The van der Waals surface area contributed by atoms with Crippen LogP contribution in [0.1, 0.15) is 22.7 Å². The fourth-order valence-corrected chi connectivity index (χ4v) is 1.69. The zero-order valence-corrected chi connectivity index (χ0v) is 9.34. The number of hydrogen-bond donors (Lipinski definition) is 0. The van der Waals surface area contributed by atoms with Crippen LogP contribution in [0.5, 0.6) is 0 Å². The van der Waals surface area contributed by atoms with Crippen molar-refractivity contribution in [3.63, 3.8) is 0 Å². The van der Waals surface area contributed by atoms with E-state index in [9.17, 15) is 9.65 Å². The summed E-state index contributed by atoms with van der Waals surface area (Å²) in [6.45, 7) is 0. The highest BCUT2D eigenvalue weighted by molar-refractivity contribution is 5.43. The maximum Gasteiger partial charge on any atom is 0.123 e. The Morgan fingerprint density at radius 3 is 2.44 bits per heavy atom. The first-order valence-electron chi connectivity index (χ1n) is 5.26. The van der Waals surface area contributed by atoms with Gasteiger partial charge in [0.25, 0.3) is 0 Å². The molecule has 0 N–H and O–H groups in total. The maximum atomic E-state index is 12.9. The number of benzene rings is 1. The molecule has 0 aliphatic heterocycles. The molecule has 0 bridgehead atoms. The van der Waals surface area contributed by atoms with Crippen molar-refractivity contribution in [1.82, 2.24) is 4.98 Å². The highest BCUT2D eigenvalue weighted by Gasteiger charge is 2.18. The summed E-state index contributed by atoms with van der Waals surface area (Å²) in [6.07, 6.45) is 1.53. The lowest BCUT2D eigenvalue weighted by Crippen LogP contribution is -2.03. The quantitative estimate of drug-likeness (QED) is 0.806. The normalized spacial score (nSPS) is 11.3. The minimum atomic E-state index is -0.665. The molecule has 2 aromatic rings. The van der Waals surface area contributed by atoms with Crippen molar-refractivity contribution in [1.29, 1.82) is 10.5 Å². The first kappa shape index (κ1) is 11.8. The average Bonchev–Trinajstić information content (AvgIpc) is 2.42. The molecule has 0 aliphatic carbocycles. The van der Waals surface area contributed by atoms with Crippen LogP contribution in [0.25, 0.3) is 0 Å². The van der Waals surface area contributed by atoms with Gasteiger partial charge in [-0.25, -0.2) is 4.39 Å². The van der Waals surface area contributed by atoms with Crippen molar-refractivity contribution in [3.05, 3.63) is 65.2 Å². The fourth-order valence-electron chi connectivity index (χ4n) is 1.69. The highest BCUT2D eigenvalue weighted by atomic mass is 19.1. The van der Waals surface area contributed by atoms with E-state index in [0.29, 0.717) is 16.8 Å². The van der Waals surface area contributed by atoms with Gasteiger partial charge in [-0.3, -0.25) is 4.98 Å².